The van der Waals surface area contributed by atoms with Crippen molar-refractivity contribution in [3.63, 3.8) is 0 Å². The van der Waals surface area contributed by atoms with E-state index in [1.165, 1.54) is 0 Å². The van der Waals surface area contributed by atoms with Crippen molar-refractivity contribution in [1.82, 2.24) is 19.5 Å². The van der Waals surface area contributed by atoms with Crippen LogP contribution in [0.2, 0.25) is 0 Å². The summed E-state index contributed by atoms with van der Waals surface area (Å²) in [5.41, 5.74) is 7.04. The molecular weight excluding hydrogens is 629 g/mol. The molecule has 8 heteroatoms. The summed E-state index contributed by atoms with van der Waals surface area (Å²) in [6.45, 7) is 15.9. The summed E-state index contributed by atoms with van der Waals surface area (Å²) in [5.74, 6) is 1.37. The Bertz CT molecular complexity index is 2720. The normalized spacial score (nSPS) is 10.7. The summed E-state index contributed by atoms with van der Waals surface area (Å²) in [4.78, 5) is 22.5. The van der Waals surface area contributed by atoms with Crippen LogP contribution < -0.4 is 0 Å². The molecule has 234 valence electrons. The first-order chi connectivity index (χ1) is 25.1. The molecule has 0 aliphatic rings. The molecule has 0 saturated heterocycles. The van der Waals surface area contributed by atoms with E-state index < -0.39 is 0 Å². The van der Waals surface area contributed by atoms with E-state index in [0.717, 1.165) is 32.9 Å². The van der Waals surface area contributed by atoms with Gasteiger partial charge in [0.05, 0.1) is 36.3 Å². The van der Waals surface area contributed by atoms with Crippen molar-refractivity contribution in [2.45, 2.75) is 0 Å². The molecule has 0 atom stereocenters. The van der Waals surface area contributed by atoms with E-state index in [1.54, 1.807) is 36.4 Å². The van der Waals surface area contributed by atoms with Crippen molar-refractivity contribution in [1.29, 1.82) is 10.5 Å². The lowest BCUT2D eigenvalue weighted by atomic mass is 9.92. The minimum atomic E-state index is 0.349. The lowest BCUT2D eigenvalue weighted by Crippen LogP contribution is -2.06. The standard InChI is InChI=1S/C43H22N8/c1-46-34-19-9-16-30(25-44)38(34)29-22-23-36-33(24-29)40-32(39-31(26-45)17-10-20-35(39)47-2)18-11-21-37(40)51(36)43-49-41(27-12-5-3-6-13-27)48-42(50-43)28-14-7-4-8-15-28/h3-24H. The van der Waals surface area contributed by atoms with Gasteiger partial charge in [-0.25, -0.2) is 14.7 Å². The predicted molar refractivity (Wildman–Crippen MR) is 198 cm³/mol. The first kappa shape index (κ1) is 30.4. The second-order valence-electron chi connectivity index (χ2n) is 11.6. The Morgan fingerprint density at radius 3 is 1.69 bits per heavy atom. The summed E-state index contributed by atoms with van der Waals surface area (Å²) in [6.07, 6.45) is 0. The predicted octanol–water partition coefficient (Wildman–Crippen LogP) is 10.5. The topological polar surface area (TPSA) is 99.9 Å². The van der Waals surface area contributed by atoms with Gasteiger partial charge in [-0.15, -0.1) is 0 Å². The van der Waals surface area contributed by atoms with Crippen molar-refractivity contribution in [2.75, 3.05) is 0 Å². The SMILES string of the molecule is [C-]#[N+]c1cccc(C#N)c1-c1ccc2c(c1)c1c(-c3c(C#N)cccc3[N+]#[C-])cccc1n2-c1nc(-c2ccccc2)nc(-c2ccccc2)n1. The van der Waals surface area contributed by atoms with E-state index in [9.17, 15) is 10.5 Å². The molecule has 0 aliphatic heterocycles. The highest BCUT2D eigenvalue weighted by Crippen LogP contribution is 2.44. The molecule has 8 rings (SSSR count). The van der Waals surface area contributed by atoms with Crippen molar-refractivity contribution >= 4 is 33.2 Å². The minimum absolute atomic E-state index is 0.349. The minimum Gasteiger partial charge on any atom is -0.278 e. The molecular formula is C43H22N8. The molecule has 0 radical (unpaired) electrons. The quantitative estimate of drug-likeness (QED) is 0.173. The van der Waals surface area contributed by atoms with E-state index in [1.807, 2.05) is 102 Å². The van der Waals surface area contributed by atoms with Crippen LogP contribution in [0.1, 0.15) is 11.1 Å². The van der Waals surface area contributed by atoms with Crippen LogP contribution in [0.5, 0.6) is 0 Å². The highest BCUT2D eigenvalue weighted by molar-refractivity contribution is 6.18. The molecule has 2 aromatic heterocycles. The van der Waals surface area contributed by atoms with Gasteiger partial charge >= 0.3 is 0 Å². The molecule has 0 N–H and O–H groups in total. The van der Waals surface area contributed by atoms with Gasteiger partial charge in [0.2, 0.25) is 5.95 Å². The zero-order valence-corrected chi connectivity index (χ0v) is 26.8. The van der Waals surface area contributed by atoms with Crippen molar-refractivity contribution in [3.05, 3.63) is 167 Å². The number of benzene rings is 6. The molecule has 8 aromatic rings. The Hall–Kier alpha value is -7.91. The van der Waals surface area contributed by atoms with Crippen LogP contribution in [0, 0.1) is 35.8 Å². The van der Waals surface area contributed by atoms with Gasteiger partial charge in [-0.3, -0.25) is 4.57 Å². The van der Waals surface area contributed by atoms with Crippen molar-refractivity contribution in [3.8, 4) is 63.1 Å². The molecule has 51 heavy (non-hydrogen) atoms. The Morgan fingerprint density at radius 1 is 0.529 bits per heavy atom. The Balaban J connectivity index is 1.52. The van der Waals surface area contributed by atoms with E-state index in [-0.39, 0.29) is 0 Å². The molecule has 8 nitrogen and oxygen atoms in total. The number of nitrogens with zero attached hydrogens (tertiary/aromatic N) is 8. The number of fused-ring (bicyclic) bond motifs is 3. The third kappa shape index (κ3) is 5.11. The Morgan fingerprint density at radius 2 is 1.10 bits per heavy atom. The summed E-state index contributed by atoms with van der Waals surface area (Å²) in [6, 6.07) is 45.8. The fourth-order valence-corrected chi connectivity index (χ4v) is 6.59. The van der Waals surface area contributed by atoms with Gasteiger partial charge in [-0.1, -0.05) is 103 Å². The summed E-state index contributed by atoms with van der Waals surface area (Å²) >= 11 is 0. The third-order valence-electron chi connectivity index (χ3n) is 8.80. The Labute approximate surface area is 293 Å². The number of rotatable bonds is 5. The van der Waals surface area contributed by atoms with Crippen molar-refractivity contribution in [2.24, 2.45) is 0 Å². The second kappa shape index (κ2) is 12.6. The van der Waals surface area contributed by atoms with Gasteiger partial charge in [0.15, 0.2) is 23.0 Å². The third-order valence-corrected chi connectivity index (χ3v) is 8.80. The molecule has 0 unspecified atom stereocenters. The smallest absolute Gasteiger partial charge is 0.238 e. The first-order valence-electron chi connectivity index (χ1n) is 15.9. The van der Waals surface area contributed by atoms with E-state index in [2.05, 4.69) is 21.8 Å². The zero-order chi connectivity index (χ0) is 34.9. The van der Waals surface area contributed by atoms with Gasteiger partial charge in [0.1, 0.15) is 0 Å². The van der Waals surface area contributed by atoms with Crippen molar-refractivity contribution < 1.29 is 0 Å². The molecule has 0 bridgehead atoms. The van der Waals surface area contributed by atoms with Gasteiger partial charge in [0, 0.05) is 44.2 Å². The fourth-order valence-electron chi connectivity index (χ4n) is 6.59. The fraction of sp³-hybridized carbons (Fsp3) is 0. The number of hydrogen-bond donors (Lipinski definition) is 0. The van der Waals surface area contributed by atoms with Crippen LogP contribution in [0.15, 0.2) is 133 Å². The van der Waals surface area contributed by atoms with Crippen LogP contribution in [-0.4, -0.2) is 19.5 Å². The highest BCUT2D eigenvalue weighted by atomic mass is 15.2. The highest BCUT2D eigenvalue weighted by Gasteiger charge is 2.23. The molecule has 0 fully saturated rings. The summed E-state index contributed by atoms with van der Waals surface area (Å²) in [5, 5.41) is 21.8. The molecule has 0 aliphatic carbocycles. The van der Waals surface area contributed by atoms with Crippen LogP contribution >= 0.6 is 0 Å². The van der Waals surface area contributed by atoms with Crippen LogP contribution in [0.25, 0.3) is 82.5 Å². The van der Waals surface area contributed by atoms with Crippen LogP contribution in [0.3, 0.4) is 0 Å². The first-order valence-corrected chi connectivity index (χ1v) is 15.9. The average molecular weight is 651 g/mol. The lowest BCUT2D eigenvalue weighted by Gasteiger charge is -2.12. The van der Waals surface area contributed by atoms with Gasteiger partial charge in [-0.05, 0) is 41.5 Å². The van der Waals surface area contributed by atoms with Gasteiger partial charge in [-0.2, -0.15) is 20.5 Å². The molecule has 2 heterocycles. The maximum atomic E-state index is 10.2. The summed E-state index contributed by atoms with van der Waals surface area (Å²) in [7, 11) is 0. The molecule has 6 aromatic carbocycles. The van der Waals surface area contributed by atoms with E-state index >= 15 is 0 Å². The second-order valence-corrected chi connectivity index (χ2v) is 11.6. The molecule has 0 saturated carbocycles. The maximum Gasteiger partial charge on any atom is 0.238 e. The largest absolute Gasteiger partial charge is 0.278 e. The zero-order valence-electron chi connectivity index (χ0n) is 26.8. The van der Waals surface area contributed by atoms with Gasteiger partial charge in [0.25, 0.3) is 0 Å². The van der Waals surface area contributed by atoms with Crippen LogP contribution in [0.4, 0.5) is 11.4 Å². The Kier molecular flexibility index (Phi) is 7.52. The average Bonchev–Trinajstić information content (AvgIpc) is 3.54. The summed E-state index contributed by atoms with van der Waals surface area (Å²) < 4.78 is 1.97. The van der Waals surface area contributed by atoms with Crippen LogP contribution in [-0.2, 0) is 0 Å². The van der Waals surface area contributed by atoms with E-state index in [0.29, 0.717) is 62.4 Å². The number of nitriles is 2. The van der Waals surface area contributed by atoms with E-state index in [4.69, 9.17) is 28.1 Å². The number of aromatic nitrogens is 4. The maximum absolute atomic E-state index is 10.2. The number of hydrogen-bond acceptors (Lipinski definition) is 5. The van der Waals surface area contributed by atoms with Gasteiger partial charge < -0.3 is 0 Å². The lowest BCUT2D eigenvalue weighted by molar-refractivity contribution is 0.953. The monoisotopic (exact) mass is 650 g/mol. The molecule has 0 amide bonds. The molecule has 0 spiro atoms.